The van der Waals surface area contributed by atoms with E-state index in [4.69, 9.17) is 0 Å². The second-order valence-electron chi connectivity index (χ2n) is 3.88. The molecule has 0 bridgehead atoms. The highest BCUT2D eigenvalue weighted by molar-refractivity contribution is 8.03. The molecule has 0 aliphatic heterocycles. The Morgan fingerprint density at radius 2 is 2.12 bits per heavy atom. The van der Waals surface area contributed by atoms with Gasteiger partial charge in [0, 0.05) is 16.5 Å². The van der Waals surface area contributed by atoms with Crippen LogP contribution in [-0.4, -0.2) is 4.98 Å². The van der Waals surface area contributed by atoms with Crippen LogP contribution in [0.25, 0.3) is 10.8 Å². The SMILES string of the molecule is C=C/C=C(\C)Sc1c(C)ncc2ccccc12. The maximum Gasteiger partial charge on any atom is 0.0518 e. The molecule has 0 saturated carbocycles. The Labute approximate surface area is 106 Å². The highest BCUT2D eigenvalue weighted by Crippen LogP contribution is 2.34. The van der Waals surface area contributed by atoms with Crippen molar-refractivity contribution in [3.05, 3.63) is 59.8 Å². The number of thioether (sulfide) groups is 1. The Balaban J connectivity index is 2.55. The van der Waals surface area contributed by atoms with E-state index in [2.05, 4.69) is 43.6 Å². The van der Waals surface area contributed by atoms with E-state index in [1.165, 1.54) is 20.6 Å². The normalized spacial score (nSPS) is 11.8. The van der Waals surface area contributed by atoms with Gasteiger partial charge in [0.15, 0.2) is 0 Å². The summed E-state index contributed by atoms with van der Waals surface area (Å²) in [7, 11) is 0. The summed E-state index contributed by atoms with van der Waals surface area (Å²) < 4.78 is 0. The van der Waals surface area contributed by atoms with Gasteiger partial charge in [0.25, 0.3) is 0 Å². The Kier molecular flexibility index (Phi) is 3.64. The van der Waals surface area contributed by atoms with Gasteiger partial charge < -0.3 is 0 Å². The largest absolute Gasteiger partial charge is 0.260 e. The summed E-state index contributed by atoms with van der Waals surface area (Å²) in [5, 5.41) is 2.45. The van der Waals surface area contributed by atoms with Crippen LogP contribution in [0.15, 0.2) is 59.0 Å². The highest BCUT2D eigenvalue weighted by Gasteiger charge is 2.06. The van der Waals surface area contributed by atoms with Crippen molar-refractivity contribution in [3.8, 4) is 0 Å². The summed E-state index contributed by atoms with van der Waals surface area (Å²) in [6.45, 7) is 7.86. The van der Waals surface area contributed by atoms with E-state index in [0.29, 0.717) is 0 Å². The molecule has 0 amide bonds. The molecule has 2 rings (SSSR count). The van der Waals surface area contributed by atoms with Gasteiger partial charge in [0.1, 0.15) is 0 Å². The van der Waals surface area contributed by atoms with Gasteiger partial charge in [-0.15, -0.1) is 0 Å². The van der Waals surface area contributed by atoms with Crippen LogP contribution < -0.4 is 0 Å². The molecule has 0 fully saturated rings. The van der Waals surface area contributed by atoms with Crippen LogP contribution >= 0.6 is 11.8 Å². The van der Waals surface area contributed by atoms with E-state index in [9.17, 15) is 0 Å². The number of pyridine rings is 1. The van der Waals surface area contributed by atoms with Gasteiger partial charge in [-0.1, -0.05) is 54.8 Å². The van der Waals surface area contributed by atoms with Gasteiger partial charge in [-0.3, -0.25) is 4.98 Å². The second kappa shape index (κ2) is 5.19. The van der Waals surface area contributed by atoms with Crippen LogP contribution in [0.2, 0.25) is 0 Å². The topological polar surface area (TPSA) is 12.9 Å². The van der Waals surface area contributed by atoms with Crippen molar-refractivity contribution < 1.29 is 0 Å². The lowest BCUT2D eigenvalue weighted by molar-refractivity contribution is 1.15. The molecule has 1 nitrogen and oxygen atoms in total. The predicted octanol–water partition coefficient (Wildman–Crippen LogP) is 4.73. The third-order valence-corrected chi connectivity index (χ3v) is 3.72. The average molecular weight is 241 g/mol. The smallest absolute Gasteiger partial charge is 0.0518 e. The van der Waals surface area contributed by atoms with Crippen LogP contribution in [0.4, 0.5) is 0 Å². The van der Waals surface area contributed by atoms with Crippen molar-refractivity contribution in [3.63, 3.8) is 0 Å². The van der Waals surface area contributed by atoms with Crippen LogP contribution in [0, 0.1) is 6.92 Å². The number of rotatable bonds is 3. The Hall–Kier alpha value is -1.54. The Morgan fingerprint density at radius 1 is 1.35 bits per heavy atom. The van der Waals surface area contributed by atoms with Gasteiger partial charge in [-0.2, -0.15) is 0 Å². The van der Waals surface area contributed by atoms with Gasteiger partial charge >= 0.3 is 0 Å². The molecule has 0 spiro atoms. The van der Waals surface area contributed by atoms with E-state index < -0.39 is 0 Å². The van der Waals surface area contributed by atoms with E-state index in [-0.39, 0.29) is 0 Å². The number of fused-ring (bicyclic) bond motifs is 1. The minimum Gasteiger partial charge on any atom is -0.260 e. The van der Waals surface area contributed by atoms with Crippen molar-refractivity contribution >= 4 is 22.5 Å². The molecule has 0 unspecified atom stereocenters. The molecule has 0 aliphatic carbocycles. The van der Waals surface area contributed by atoms with Crippen LogP contribution in [0.3, 0.4) is 0 Å². The standard InChI is InChI=1S/C15H15NS/c1-4-7-11(2)17-15-12(3)16-10-13-8-5-6-9-14(13)15/h4-10H,1H2,2-3H3/b11-7+. The first-order chi connectivity index (χ1) is 8.22. The lowest BCUT2D eigenvalue weighted by Crippen LogP contribution is -1.87. The van der Waals surface area contributed by atoms with Gasteiger partial charge in [-0.05, 0) is 24.1 Å². The third kappa shape index (κ3) is 2.59. The zero-order chi connectivity index (χ0) is 12.3. The molecule has 2 aromatic rings. The second-order valence-corrected chi connectivity index (χ2v) is 5.13. The molecule has 2 heteroatoms. The summed E-state index contributed by atoms with van der Waals surface area (Å²) in [4.78, 5) is 6.90. The zero-order valence-electron chi connectivity index (χ0n) is 10.1. The van der Waals surface area contributed by atoms with Crippen LogP contribution in [0.5, 0.6) is 0 Å². The van der Waals surface area contributed by atoms with Crippen molar-refractivity contribution in [1.29, 1.82) is 0 Å². The van der Waals surface area contributed by atoms with Gasteiger partial charge in [0.05, 0.1) is 5.69 Å². The summed E-state index contributed by atoms with van der Waals surface area (Å²) in [5.41, 5.74) is 1.07. The molecular formula is C15H15NS. The van der Waals surface area contributed by atoms with E-state index in [0.717, 1.165) is 5.69 Å². The average Bonchev–Trinajstić information content (AvgIpc) is 2.33. The molecule has 0 aliphatic rings. The first-order valence-corrected chi connectivity index (χ1v) is 6.35. The maximum atomic E-state index is 4.45. The number of allylic oxidation sites excluding steroid dienone is 3. The summed E-state index contributed by atoms with van der Waals surface area (Å²) >= 11 is 1.75. The highest BCUT2D eigenvalue weighted by atomic mass is 32.2. The number of hydrogen-bond acceptors (Lipinski definition) is 2. The summed E-state index contributed by atoms with van der Waals surface area (Å²) in [5.74, 6) is 0. The van der Waals surface area contributed by atoms with Crippen molar-refractivity contribution in [2.75, 3.05) is 0 Å². The monoisotopic (exact) mass is 241 g/mol. The third-order valence-electron chi connectivity index (χ3n) is 2.55. The number of nitrogens with zero attached hydrogens (tertiary/aromatic N) is 1. The quantitative estimate of drug-likeness (QED) is 0.569. The zero-order valence-corrected chi connectivity index (χ0v) is 10.9. The van der Waals surface area contributed by atoms with Crippen molar-refractivity contribution in [2.24, 2.45) is 0 Å². The molecule has 0 radical (unpaired) electrons. The molecule has 0 atom stereocenters. The lowest BCUT2D eigenvalue weighted by Gasteiger charge is -2.08. The van der Waals surface area contributed by atoms with Crippen molar-refractivity contribution in [1.82, 2.24) is 4.98 Å². The number of hydrogen-bond donors (Lipinski definition) is 0. The van der Waals surface area contributed by atoms with E-state index >= 15 is 0 Å². The van der Waals surface area contributed by atoms with Crippen molar-refractivity contribution in [2.45, 2.75) is 18.7 Å². The molecule has 1 aromatic carbocycles. The fraction of sp³-hybridized carbons (Fsp3) is 0.133. The molecule has 1 heterocycles. The summed E-state index contributed by atoms with van der Waals surface area (Å²) in [6.07, 6.45) is 5.77. The Morgan fingerprint density at radius 3 is 2.88 bits per heavy atom. The fourth-order valence-electron chi connectivity index (χ4n) is 1.73. The Bertz CT molecular complexity index is 584. The van der Waals surface area contributed by atoms with E-state index in [1.54, 1.807) is 11.8 Å². The molecule has 0 saturated heterocycles. The molecule has 17 heavy (non-hydrogen) atoms. The molecule has 1 aromatic heterocycles. The molecule has 0 N–H and O–H groups in total. The minimum atomic E-state index is 1.07. The first-order valence-electron chi connectivity index (χ1n) is 5.54. The minimum absolute atomic E-state index is 1.07. The maximum absolute atomic E-state index is 4.45. The van der Waals surface area contributed by atoms with E-state index in [1.807, 2.05) is 24.4 Å². The van der Waals surface area contributed by atoms with Crippen LogP contribution in [0.1, 0.15) is 12.6 Å². The lowest BCUT2D eigenvalue weighted by atomic mass is 10.1. The first kappa shape index (κ1) is 11.9. The van der Waals surface area contributed by atoms with Gasteiger partial charge in [0.2, 0.25) is 0 Å². The number of aryl methyl sites for hydroxylation is 1. The molecular weight excluding hydrogens is 226 g/mol. The number of aromatic nitrogens is 1. The molecule has 86 valence electrons. The van der Waals surface area contributed by atoms with Gasteiger partial charge in [-0.25, -0.2) is 0 Å². The predicted molar refractivity (Wildman–Crippen MR) is 76.3 cm³/mol. The fourth-order valence-corrected chi connectivity index (χ4v) is 2.71. The number of benzene rings is 1. The summed E-state index contributed by atoms with van der Waals surface area (Å²) in [6, 6.07) is 8.35. The van der Waals surface area contributed by atoms with Crippen LogP contribution in [-0.2, 0) is 0 Å².